The van der Waals surface area contributed by atoms with Crippen LogP contribution < -0.4 is 0 Å². The molecule has 0 amide bonds. The quantitative estimate of drug-likeness (QED) is 0.807. The van der Waals surface area contributed by atoms with Crippen molar-refractivity contribution in [3.63, 3.8) is 0 Å². The zero-order valence-electron chi connectivity index (χ0n) is 8.31. The summed E-state index contributed by atoms with van der Waals surface area (Å²) < 4.78 is 0. The Morgan fingerprint density at radius 2 is 2.57 bits per heavy atom. The minimum atomic E-state index is -0.520. The van der Waals surface area contributed by atoms with E-state index in [2.05, 4.69) is 11.9 Å². The third-order valence-electron chi connectivity index (χ3n) is 2.89. The Bertz CT molecular complexity index is 303. The molecule has 2 heterocycles. The Labute approximate surface area is 88.8 Å². The van der Waals surface area contributed by atoms with Crippen LogP contribution in [0.25, 0.3) is 0 Å². The van der Waals surface area contributed by atoms with Gasteiger partial charge in [-0.15, -0.1) is 0 Å². The number of aliphatic hydroxyl groups is 1. The van der Waals surface area contributed by atoms with Crippen LogP contribution in [0, 0.1) is 0 Å². The fourth-order valence-electron chi connectivity index (χ4n) is 1.86. The number of nitrogens with zero attached hydrogens (tertiary/aromatic N) is 1. The highest BCUT2D eigenvalue weighted by atomic mass is 32.2. The van der Waals surface area contributed by atoms with Gasteiger partial charge in [-0.3, -0.25) is 4.98 Å². The molecule has 1 aliphatic heterocycles. The molecule has 1 N–H and O–H groups in total. The van der Waals surface area contributed by atoms with Gasteiger partial charge in [-0.25, -0.2) is 0 Å². The predicted octanol–water partition coefficient (Wildman–Crippen LogP) is 1.88. The molecule has 0 aliphatic carbocycles. The Morgan fingerprint density at radius 1 is 1.71 bits per heavy atom. The van der Waals surface area contributed by atoms with Gasteiger partial charge in [0.15, 0.2) is 0 Å². The minimum Gasteiger partial charge on any atom is -0.388 e. The van der Waals surface area contributed by atoms with Gasteiger partial charge in [0, 0.05) is 24.1 Å². The summed E-state index contributed by atoms with van der Waals surface area (Å²) in [6.07, 6.45) is 5.23. The van der Waals surface area contributed by atoms with Gasteiger partial charge in [-0.2, -0.15) is 11.8 Å². The monoisotopic (exact) mass is 209 g/mol. The van der Waals surface area contributed by atoms with Gasteiger partial charge in [0.1, 0.15) is 0 Å². The van der Waals surface area contributed by atoms with Gasteiger partial charge in [0.05, 0.1) is 5.60 Å². The van der Waals surface area contributed by atoms with Crippen LogP contribution in [0.2, 0.25) is 0 Å². The van der Waals surface area contributed by atoms with E-state index in [0.717, 1.165) is 24.2 Å². The third-order valence-corrected chi connectivity index (χ3v) is 4.27. The summed E-state index contributed by atoms with van der Waals surface area (Å²) in [6, 6.07) is 3.95. The van der Waals surface area contributed by atoms with E-state index in [-0.39, 0.29) is 0 Å². The van der Waals surface area contributed by atoms with Crippen molar-refractivity contribution in [1.82, 2.24) is 4.98 Å². The van der Waals surface area contributed by atoms with Crippen LogP contribution in [-0.2, 0) is 6.42 Å². The molecule has 0 radical (unpaired) electrons. The predicted molar refractivity (Wildman–Crippen MR) is 59.4 cm³/mol. The van der Waals surface area contributed by atoms with Crippen molar-refractivity contribution in [3.05, 3.63) is 30.1 Å². The minimum absolute atomic E-state index is 0.336. The first kappa shape index (κ1) is 9.99. The summed E-state index contributed by atoms with van der Waals surface area (Å²) >= 11 is 1.85. The lowest BCUT2D eigenvalue weighted by Crippen LogP contribution is -2.36. The molecule has 2 unspecified atom stereocenters. The average molecular weight is 209 g/mol. The number of hydrogen-bond acceptors (Lipinski definition) is 3. The van der Waals surface area contributed by atoms with Crippen LogP contribution in [0.5, 0.6) is 0 Å². The Kier molecular flexibility index (Phi) is 2.79. The number of pyridine rings is 1. The van der Waals surface area contributed by atoms with E-state index in [1.165, 1.54) is 0 Å². The third kappa shape index (κ3) is 1.93. The van der Waals surface area contributed by atoms with Crippen LogP contribution in [0.3, 0.4) is 0 Å². The van der Waals surface area contributed by atoms with E-state index < -0.39 is 5.60 Å². The van der Waals surface area contributed by atoms with E-state index in [1.54, 1.807) is 6.20 Å². The SMILES string of the molecule is CC1SCCC1(O)Cc1cccnc1. The standard InChI is InChI=1S/C11H15NOS/c1-9-11(13,4-6-14-9)7-10-3-2-5-12-8-10/h2-3,5,8-9,13H,4,6-7H2,1H3. The van der Waals surface area contributed by atoms with Crippen LogP contribution >= 0.6 is 11.8 Å². The largest absolute Gasteiger partial charge is 0.388 e. The second-order valence-corrected chi connectivity index (χ2v) is 5.35. The summed E-state index contributed by atoms with van der Waals surface area (Å²) in [5.41, 5.74) is 0.609. The number of aromatic nitrogens is 1. The van der Waals surface area contributed by atoms with Crippen molar-refractivity contribution in [2.75, 3.05) is 5.75 Å². The second-order valence-electron chi connectivity index (χ2n) is 3.90. The maximum absolute atomic E-state index is 10.4. The molecule has 0 bridgehead atoms. The Balaban J connectivity index is 2.10. The molecule has 2 atom stereocenters. The molecule has 14 heavy (non-hydrogen) atoms. The van der Waals surface area contributed by atoms with Gasteiger partial charge >= 0.3 is 0 Å². The molecule has 2 nitrogen and oxygen atoms in total. The highest BCUT2D eigenvalue weighted by molar-refractivity contribution is 8.00. The van der Waals surface area contributed by atoms with Crippen molar-refractivity contribution < 1.29 is 5.11 Å². The molecule has 1 aromatic heterocycles. The average Bonchev–Trinajstić information content (AvgIpc) is 2.48. The summed E-state index contributed by atoms with van der Waals surface area (Å²) in [5, 5.41) is 10.7. The zero-order valence-corrected chi connectivity index (χ0v) is 9.13. The highest BCUT2D eigenvalue weighted by Crippen LogP contribution is 2.37. The van der Waals surface area contributed by atoms with Crippen molar-refractivity contribution in [2.45, 2.75) is 30.6 Å². The van der Waals surface area contributed by atoms with Gasteiger partial charge in [0.25, 0.3) is 0 Å². The lowest BCUT2D eigenvalue weighted by atomic mass is 9.90. The first-order valence-corrected chi connectivity index (χ1v) is 5.98. The molecule has 1 fully saturated rings. The first-order valence-electron chi connectivity index (χ1n) is 4.94. The molecule has 1 saturated heterocycles. The van der Waals surface area contributed by atoms with Gasteiger partial charge < -0.3 is 5.11 Å². The van der Waals surface area contributed by atoms with E-state index in [0.29, 0.717) is 5.25 Å². The van der Waals surface area contributed by atoms with Crippen molar-refractivity contribution in [2.24, 2.45) is 0 Å². The maximum Gasteiger partial charge on any atom is 0.0811 e. The normalized spacial score (nSPS) is 32.0. The summed E-state index contributed by atoms with van der Waals surface area (Å²) in [6.45, 7) is 2.11. The van der Waals surface area contributed by atoms with Crippen molar-refractivity contribution >= 4 is 11.8 Å². The molecular weight excluding hydrogens is 194 g/mol. The molecule has 0 aromatic carbocycles. The first-order chi connectivity index (χ1) is 6.71. The van der Waals surface area contributed by atoms with Crippen molar-refractivity contribution in [1.29, 1.82) is 0 Å². The van der Waals surface area contributed by atoms with Crippen LogP contribution in [0.15, 0.2) is 24.5 Å². The highest BCUT2D eigenvalue weighted by Gasteiger charge is 2.38. The Hall–Kier alpha value is -0.540. The number of rotatable bonds is 2. The van der Waals surface area contributed by atoms with Crippen LogP contribution in [0.4, 0.5) is 0 Å². The molecule has 0 spiro atoms. The summed E-state index contributed by atoms with van der Waals surface area (Å²) in [5.74, 6) is 1.07. The molecular formula is C11H15NOS. The topological polar surface area (TPSA) is 33.1 Å². The van der Waals surface area contributed by atoms with Gasteiger partial charge in [0.2, 0.25) is 0 Å². The summed E-state index contributed by atoms with van der Waals surface area (Å²) in [7, 11) is 0. The fraction of sp³-hybridized carbons (Fsp3) is 0.545. The van der Waals surface area contributed by atoms with Crippen LogP contribution in [0.1, 0.15) is 18.9 Å². The second kappa shape index (κ2) is 3.91. The smallest absolute Gasteiger partial charge is 0.0811 e. The summed E-state index contributed by atoms with van der Waals surface area (Å²) in [4.78, 5) is 4.06. The molecule has 3 heteroatoms. The van der Waals surface area contributed by atoms with Crippen LogP contribution in [-0.4, -0.2) is 26.7 Å². The van der Waals surface area contributed by atoms with Crippen molar-refractivity contribution in [3.8, 4) is 0 Å². The number of hydrogen-bond donors (Lipinski definition) is 1. The molecule has 2 rings (SSSR count). The molecule has 1 aliphatic rings. The Morgan fingerprint density at radius 3 is 3.14 bits per heavy atom. The molecule has 76 valence electrons. The fourth-order valence-corrected chi connectivity index (χ4v) is 3.20. The van der Waals surface area contributed by atoms with Gasteiger partial charge in [-0.05, 0) is 23.8 Å². The lowest BCUT2D eigenvalue weighted by Gasteiger charge is -2.26. The van der Waals surface area contributed by atoms with E-state index in [9.17, 15) is 5.11 Å². The van der Waals surface area contributed by atoms with E-state index >= 15 is 0 Å². The number of thioether (sulfide) groups is 1. The van der Waals surface area contributed by atoms with E-state index in [4.69, 9.17) is 0 Å². The molecule has 0 saturated carbocycles. The molecule has 1 aromatic rings. The maximum atomic E-state index is 10.4. The van der Waals surface area contributed by atoms with Gasteiger partial charge in [-0.1, -0.05) is 13.0 Å². The zero-order chi connectivity index (χ0) is 10.0. The lowest BCUT2D eigenvalue weighted by molar-refractivity contribution is 0.0464. The van der Waals surface area contributed by atoms with E-state index in [1.807, 2.05) is 30.1 Å².